The van der Waals surface area contributed by atoms with Crippen molar-refractivity contribution >= 4 is 34.3 Å². The van der Waals surface area contributed by atoms with Crippen LogP contribution in [0.15, 0.2) is 72.8 Å². The van der Waals surface area contributed by atoms with E-state index in [1.165, 1.54) is 0 Å². The summed E-state index contributed by atoms with van der Waals surface area (Å²) in [7, 11) is 1.66. The number of fused-ring (bicyclic) bond motifs is 1. The number of methoxy groups -OCH3 is 1. The molecule has 1 amide bonds. The van der Waals surface area contributed by atoms with Crippen molar-refractivity contribution in [2.24, 2.45) is 5.73 Å². The number of hydrogen-bond acceptors (Lipinski definition) is 6. The molecule has 4 N–H and O–H groups in total. The molecule has 0 aliphatic rings. The van der Waals surface area contributed by atoms with Gasteiger partial charge in [0.15, 0.2) is 0 Å². The molecule has 0 fully saturated rings. The van der Waals surface area contributed by atoms with Gasteiger partial charge in [0.2, 0.25) is 11.9 Å². The topological polar surface area (TPSA) is 102 Å². The summed E-state index contributed by atoms with van der Waals surface area (Å²) in [6.07, 6.45) is 0. The van der Waals surface area contributed by atoms with Crippen LogP contribution in [0.4, 0.5) is 17.5 Å². The van der Waals surface area contributed by atoms with Gasteiger partial charge in [-0.2, -0.15) is 4.98 Å². The molecule has 1 aromatic heterocycles. The second-order valence-corrected chi connectivity index (χ2v) is 6.64. The Morgan fingerprint density at radius 2 is 1.70 bits per heavy atom. The van der Waals surface area contributed by atoms with E-state index in [0.29, 0.717) is 23.9 Å². The van der Waals surface area contributed by atoms with Gasteiger partial charge < -0.3 is 21.1 Å². The number of rotatable bonds is 7. The maximum atomic E-state index is 11.3. The molecule has 150 valence electrons. The molecule has 30 heavy (non-hydrogen) atoms. The zero-order chi connectivity index (χ0) is 20.9. The monoisotopic (exact) mass is 399 g/mol. The molecule has 7 heteroatoms. The van der Waals surface area contributed by atoms with Gasteiger partial charge in [0, 0.05) is 28.7 Å². The van der Waals surface area contributed by atoms with Crippen LogP contribution in [0, 0.1) is 0 Å². The SMILES string of the molecule is COc1ccccc1CNc1nc(Nc2ccc(C(N)=O)cc2)nc2ccccc12. The highest BCUT2D eigenvalue weighted by Crippen LogP contribution is 2.25. The molecule has 1 heterocycles. The fraction of sp³-hybridized carbons (Fsp3) is 0.0870. The van der Waals surface area contributed by atoms with E-state index in [2.05, 4.69) is 20.6 Å². The number of carbonyl (C=O) groups is 1. The van der Waals surface area contributed by atoms with Gasteiger partial charge in [-0.15, -0.1) is 0 Å². The summed E-state index contributed by atoms with van der Waals surface area (Å²) in [4.78, 5) is 20.5. The molecule has 0 aliphatic heterocycles. The van der Waals surface area contributed by atoms with Crippen molar-refractivity contribution in [2.75, 3.05) is 17.7 Å². The molecule has 0 radical (unpaired) electrons. The van der Waals surface area contributed by atoms with Crippen LogP contribution in [0.3, 0.4) is 0 Å². The Morgan fingerprint density at radius 3 is 2.47 bits per heavy atom. The maximum Gasteiger partial charge on any atom is 0.248 e. The van der Waals surface area contributed by atoms with Crippen molar-refractivity contribution in [2.45, 2.75) is 6.54 Å². The first-order chi connectivity index (χ1) is 14.6. The molecule has 0 saturated carbocycles. The normalized spacial score (nSPS) is 10.6. The quantitative estimate of drug-likeness (QED) is 0.433. The number of nitrogens with one attached hydrogen (secondary N) is 2. The molecular formula is C23H21N5O2. The van der Waals surface area contributed by atoms with E-state index in [1.807, 2.05) is 48.5 Å². The van der Waals surface area contributed by atoms with Crippen molar-refractivity contribution in [1.82, 2.24) is 9.97 Å². The van der Waals surface area contributed by atoms with Gasteiger partial charge >= 0.3 is 0 Å². The highest BCUT2D eigenvalue weighted by molar-refractivity contribution is 5.93. The van der Waals surface area contributed by atoms with Gasteiger partial charge in [-0.05, 0) is 42.5 Å². The first kappa shape index (κ1) is 19.2. The summed E-state index contributed by atoms with van der Waals surface area (Å²) in [5.41, 5.74) is 8.34. The lowest BCUT2D eigenvalue weighted by atomic mass is 10.2. The lowest BCUT2D eigenvalue weighted by Gasteiger charge is -2.13. The smallest absolute Gasteiger partial charge is 0.248 e. The van der Waals surface area contributed by atoms with Crippen molar-refractivity contribution in [3.63, 3.8) is 0 Å². The van der Waals surface area contributed by atoms with E-state index in [0.717, 1.165) is 27.9 Å². The van der Waals surface area contributed by atoms with E-state index in [-0.39, 0.29) is 0 Å². The zero-order valence-electron chi connectivity index (χ0n) is 16.4. The van der Waals surface area contributed by atoms with Crippen molar-refractivity contribution < 1.29 is 9.53 Å². The van der Waals surface area contributed by atoms with Crippen molar-refractivity contribution in [3.8, 4) is 5.75 Å². The summed E-state index contributed by atoms with van der Waals surface area (Å²) in [5.74, 6) is 1.51. The number of ether oxygens (including phenoxy) is 1. The summed E-state index contributed by atoms with van der Waals surface area (Å²) >= 11 is 0. The van der Waals surface area contributed by atoms with Crippen LogP contribution in [0.25, 0.3) is 10.9 Å². The van der Waals surface area contributed by atoms with Gasteiger partial charge in [0.25, 0.3) is 0 Å². The Kier molecular flexibility index (Phi) is 5.43. The molecule has 0 spiro atoms. The van der Waals surface area contributed by atoms with E-state index in [1.54, 1.807) is 31.4 Å². The molecule has 0 atom stereocenters. The number of benzene rings is 3. The Labute approximate surface area is 173 Å². The third-order valence-corrected chi connectivity index (χ3v) is 4.67. The fourth-order valence-corrected chi connectivity index (χ4v) is 3.14. The van der Waals surface area contributed by atoms with Crippen LogP contribution in [0.5, 0.6) is 5.75 Å². The van der Waals surface area contributed by atoms with Crippen LogP contribution >= 0.6 is 0 Å². The summed E-state index contributed by atoms with van der Waals surface area (Å²) in [6, 6.07) is 22.5. The minimum Gasteiger partial charge on any atom is -0.496 e. The van der Waals surface area contributed by atoms with Crippen LogP contribution in [-0.2, 0) is 6.54 Å². The molecule has 0 aliphatic carbocycles. The molecule has 0 unspecified atom stereocenters. The average Bonchev–Trinajstić information content (AvgIpc) is 2.78. The third-order valence-electron chi connectivity index (χ3n) is 4.67. The van der Waals surface area contributed by atoms with Crippen LogP contribution in [0.2, 0.25) is 0 Å². The summed E-state index contributed by atoms with van der Waals surface area (Å²) in [5, 5.41) is 7.50. The predicted molar refractivity (Wildman–Crippen MR) is 118 cm³/mol. The summed E-state index contributed by atoms with van der Waals surface area (Å²) < 4.78 is 5.43. The Morgan fingerprint density at radius 1 is 0.967 bits per heavy atom. The molecule has 7 nitrogen and oxygen atoms in total. The first-order valence-corrected chi connectivity index (χ1v) is 9.43. The number of nitrogens with zero attached hydrogens (tertiary/aromatic N) is 2. The highest BCUT2D eigenvalue weighted by Gasteiger charge is 2.10. The first-order valence-electron chi connectivity index (χ1n) is 9.43. The highest BCUT2D eigenvalue weighted by atomic mass is 16.5. The van der Waals surface area contributed by atoms with E-state index < -0.39 is 5.91 Å². The standard InChI is InChI=1S/C23H21N5O2/c1-30-20-9-5-2-6-16(20)14-25-22-18-7-3-4-8-19(18)27-23(28-22)26-17-12-10-15(11-13-17)21(24)29/h2-13H,14H2,1H3,(H2,24,29)(H2,25,26,27,28). The van der Waals surface area contributed by atoms with Gasteiger partial charge in [0.1, 0.15) is 11.6 Å². The van der Waals surface area contributed by atoms with Gasteiger partial charge in [0.05, 0.1) is 12.6 Å². The van der Waals surface area contributed by atoms with Crippen LogP contribution in [-0.4, -0.2) is 23.0 Å². The van der Waals surface area contributed by atoms with Gasteiger partial charge in [-0.25, -0.2) is 4.98 Å². The maximum absolute atomic E-state index is 11.3. The number of anilines is 3. The lowest BCUT2D eigenvalue weighted by molar-refractivity contribution is 0.100. The fourth-order valence-electron chi connectivity index (χ4n) is 3.14. The molecule has 4 rings (SSSR count). The predicted octanol–water partition coefficient (Wildman–Crippen LogP) is 4.09. The number of nitrogens with two attached hydrogens (primary N) is 1. The second-order valence-electron chi connectivity index (χ2n) is 6.64. The molecule has 0 bridgehead atoms. The summed E-state index contributed by atoms with van der Waals surface area (Å²) in [6.45, 7) is 0.553. The van der Waals surface area contributed by atoms with Gasteiger partial charge in [-0.1, -0.05) is 30.3 Å². The second kappa shape index (κ2) is 8.48. The van der Waals surface area contributed by atoms with E-state index >= 15 is 0 Å². The van der Waals surface area contributed by atoms with Crippen LogP contribution < -0.4 is 21.1 Å². The van der Waals surface area contributed by atoms with Crippen molar-refractivity contribution in [1.29, 1.82) is 0 Å². The Balaban J connectivity index is 1.63. The molecule has 3 aromatic carbocycles. The zero-order valence-corrected chi connectivity index (χ0v) is 16.4. The Hall–Kier alpha value is -4.13. The number of primary amides is 1. The molecule has 0 saturated heterocycles. The number of para-hydroxylation sites is 2. The lowest BCUT2D eigenvalue weighted by Crippen LogP contribution is -2.10. The average molecular weight is 399 g/mol. The number of aromatic nitrogens is 2. The van der Waals surface area contributed by atoms with Crippen LogP contribution in [0.1, 0.15) is 15.9 Å². The van der Waals surface area contributed by atoms with E-state index in [9.17, 15) is 4.79 Å². The largest absolute Gasteiger partial charge is 0.496 e. The number of amides is 1. The molecule has 4 aromatic rings. The number of carbonyl (C=O) groups excluding carboxylic acids is 1. The molecular weight excluding hydrogens is 378 g/mol. The number of hydrogen-bond donors (Lipinski definition) is 3. The Bertz CT molecular complexity index is 1190. The minimum atomic E-state index is -0.466. The third kappa shape index (κ3) is 4.15. The van der Waals surface area contributed by atoms with Gasteiger partial charge in [-0.3, -0.25) is 4.79 Å². The minimum absolute atomic E-state index is 0.444. The van der Waals surface area contributed by atoms with Crippen molar-refractivity contribution in [3.05, 3.63) is 83.9 Å². The van der Waals surface area contributed by atoms with E-state index in [4.69, 9.17) is 10.5 Å².